The van der Waals surface area contributed by atoms with Gasteiger partial charge in [-0.3, -0.25) is 14.2 Å². The summed E-state index contributed by atoms with van der Waals surface area (Å²) in [6, 6.07) is 13.6. The lowest BCUT2D eigenvalue weighted by Crippen LogP contribution is -2.33. The molecule has 2 aromatic heterocycles. The zero-order valence-corrected chi connectivity index (χ0v) is 16.2. The number of nitrogens with one attached hydrogen (secondary N) is 1. The second-order valence-electron chi connectivity index (χ2n) is 6.46. The lowest BCUT2D eigenvalue weighted by atomic mass is 10.2. The van der Waals surface area contributed by atoms with Crippen LogP contribution in [-0.2, 0) is 11.3 Å². The molecule has 0 unspecified atom stereocenters. The van der Waals surface area contributed by atoms with Gasteiger partial charge in [-0.05, 0) is 48.6 Å². The molecule has 0 fully saturated rings. The van der Waals surface area contributed by atoms with Crippen molar-refractivity contribution in [2.75, 3.05) is 12.3 Å². The predicted octanol–water partition coefficient (Wildman–Crippen LogP) is 3.58. The highest BCUT2D eigenvalue weighted by Gasteiger charge is 2.14. The number of amides is 1. The Morgan fingerprint density at radius 1 is 1.17 bits per heavy atom. The number of rotatable bonds is 7. The summed E-state index contributed by atoms with van der Waals surface area (Å²) in [5.41, 5.74) is 0.860. The molecule has 4 aromatic rings. The van der Waals surface area contributed by atoms with E-state index in [0.29, 0.717) is 17.6 Å². The molecule has 2 aromatic carbocycles. The normalized spacial score (nSPS) is 11.2. The number of benzene rings is 2. The Morgan fingerprint density at radius 3 is 2.79 bits per heavy atom. The van der Waals surface area contributed by atoms with Crippen LogP contribution >= 0.6 is 11.8 Å². The maximum atomic E-state index is 12.9. The average Bonchev–Trinajstić information content (AvgIpc) is 3.11. The Kier molecular flexibility index (Phi) is 5.62. The van der Waals surface area contributed by atoms with E-state index >= 15 is 0 Å². The average molecular weight is 411 g/mol. The van der Waals surface area contributed by atoms with Crippen LogP contribution in [-0.4, -0.2) is 27.8 Å². The van der Waals surface area contributed by atoms with Crippen LogP contribution in [0.15, 0.2) is 69.0 Å². The van der Waals surface area contributed by atoms with Crippen LogP contribution in [0.3, 0.4) is 0 Å². The van der Waals surface area contributed by atoms with Crippen molar-refractivity contribution in [1.29, 1.82) is 0 Å². The Labute approximate surface area is 169 Å². The fourth-order valence-corrected chi connectivity index (χ4v) is 3.81. The van der Waals surface area contributed by atoms with E-state index < -0.39 is 0 Å². The van der Waals surface area contributed by atoms with Crippen molar-refractivity contribution >= 4 is 39.7 Å². The molecule has 0 aliphatic rings. The monoisotopic (exact) mass is 411 g/mol. The molecule has 0 saturated carbocycles. The second-order valence-corrected chi connectivity index (χ2v) is 7.63. The molecule has 0 radical (unpaired) electrons. The minimum Gasteiger partial charge on any atom is -0.448 e. The summed E-state index contributed by atoms with van der Waals surface area (Å²) in [6.45, 7) is 0.367. The van der Waals surface area contributed by atoms with Gasteiger partial charge in [0.2, 0.25) is 11.5 Å². The number of furan rings is 1. The molecule has 2 heterocycles. The number of carbonyl (C=O) groups is 1. The fraction of sp³-hybridized carbons (Fsp3) is 0.190. The van der Waals surface area contributed by atoms with Crippen LogP contribution in [0.1, 0.15) is 6.42 Å². The molecule has 148 valence electrons. The van der Waals surface area contributed by atoms with Crippen molar-refractivity contribution < 1.29 is 13.6 Å². The van der Waals surface area contributed by atoms with E-state index in [0.717, 1.165) is 22.5 Å². The minimum atomic E-state index is -0.381. The van der Waals surface area contributed by atoms with Crippen LogP contribution in [0.5, 0.6) is 0 Å². The first kappa shape index (κ1) is 19.2. The van der Waals surface area contributed by atoms with Gasteiger partial charge in [-0.1, -0.05) is 12.1 Å². The number of hydrogen-bond donors (Lipinski definition) is 1. The highest BCUT2D eigenvalue weighted by molar-refractivity contribution is 7.99. The van der Waals surface area contributed by atoms with Crippen molar-refractivity contribution in [3.05, 3.63) is 71.0 Å². The molecule has 0 spiro atoms. The summed E-state index contributed by atoms with van der Waals surface area (Å²) >= 11 is 1.60. The van der Waals surface area contributed by atoms with Gasteiger partial charge in [0.25, 0.3) is 5.56 Å². The van der Waals surface area contributed by atoms with Gasteiger partial charge >= 0.3 is 0 Å². The molecule has 0 saturated heterocycles. The Morgan fingerprint density at radius 2 is 1.97 bits per heavy atom. The molecular formula is C21H18FN3O3S. The Bertz CT molecular complexity index is 1220. The molecule has 1 N–H and O–H groups in total. The van der Waals surface area contributed by atoms with E-state index in [1.165, 1.54) is 23.0 Å². The molecule has 1 amide bonds. The van der Waals surface area contributed by atoms with E-state index in [1.54, 1.807) is 30.0 Å². The first-order valence-corrected chi connectivity index (χ1v) is 10.1. The quantitative estimate of drug-likeness (QED) is 0.372. The Hall–Kier alpha value is -3.13. The maximum Gasteiger partial charge on any atom is 0.297 e. The van der Waals surface area contributed by atoms with Crippen LogP contribution in [0, 0.1) is 5.82 Å². The van der Waals surface area contributed by atoms with Crippen LogP contribution < -0.4 is 10.9 Å². The van der Waals surface area contributed by atoms with Crippen molar-refractivity contribution in [1.82, 2.24) is 14.9 Å². The lowest BCUT2D eigenvalue weighted by Gasteiger charge is -2.07. The van der Waals surface area contributed by atoms with E-state index in [-0.39, 0.29) is 29.4 Å². The highest BCUT2D eigenvalue weighted by atomic mass is 32.2. The van der Waals surface area contributed by atoms with Crippen molar-refractivity contribution in [3.63, 3.8) is 0 Å². The van der Waals surface area contributed by atoms with Crippen LogP contribution in [0.25, 0.3) is 22.1 Å². The largest absolute Gasteiger partial charge is 0.448 e. The zero-order chi connectivity index (χ0) is 20.2. The third-order valence-corrected chi connectivity index (χ3v) is 5.49. The molecule has 0 aliphatic heterocycles. The van der Waals surface area contributed by atoms with Crippen molar-refractivity contribution in [3.8, 4) is 0 Å². The van der Waals surface area contributed by atoms with Crippen LogP contribution in [0.2, 0.25) is 0 Å². The molecule has 6 nitrogen and oxygen atoms in total. The summed E-state index contributed by atoms with van der Waals surface area (Å²) in [4.78, 5) is 30.0. The van der Waals surface area contributed by atoms with Crippen molar-refractivity contribution in [2.24, 2.45) is 0 Å². The molecule has 4 rings (SSSR count). The number of fused-ring (bicyclic) bond motifs is 3. The third-order valence-electron chi connectivity index (χ3n) is 4.39. The molecular weight excluding hydrogens is 393 g/mol. The van der Waals surface area contributed by atoms with E-state index in [9.17, 15) is 14.0 Å². The topological polar surface area (TPSA) is 77.1 Å². The van der Waals surface area contributed by atoms with Gasteiger partial charge < -0.3 is 9.73 Å². The number of nitrogens with zero attached hydrogens (tertiary/aromatic N) is 2. The Balaban J connectivity index is 1.32. The number of carbonyl (C=O) groups excluding carboxylic acids is 1. The van der Waals surface area contributed by atoms with Crippen LogP contribution in [0.4, 0.5) is 4.39 Å². The summed E-state index contributed by atoms with van der Waals surface area (Å²) in [5, 5.41) is 3.57. The van der Waals surface area contributed by atoms with Gasteiger partial charge in [-0.2, -0.15) is 0 Å². The fourth-order valence-electron chi connectivity index (χ4n) is 2.96. The predicted molar refractivity (Wildman–Crippen MR) is 111 cm³/mol. The first-order chi connectivity index (χ1) is 14.1. The van der Waals surface area contributed by atoms with Gasteiger partial charge in [0.05, 0.1) is 6.33 Å². The molecule has 8 heteroatoms. The van der Waals surface area contributed by atoms with Gasteiger partial charge in [-0.15, -0.1) is 11.8 Å². The molecule has 29 heavy (non-hydrogen) atoms. The van der Waals surface area contributed by atoms with E-state index in [4.69, 9.17) is 4.42 Å². The minimum absolute atomic E-state index is 0.121. The number of para-hydroxylation sites is 1. The van der Waals surface area contributed by atoms with E-state index in [2.05, 4.69) is 10.3 Å². The standard InChI is InChI=1S/C21H18FN3O3S/c22-14-6-8-15(9-7-14)29-11-3-10-23-18(26)12-25-13-24-19-16-4-1-2-5-17(16)28-20(19)21(25)27/h1-2,4-9,13H,3,10-12H2,(H,23,26). The van der Waals surface area contributed by atoms with Gasteiger partial charge in [0.15, 0.2) is 0 Å². The summed E-state index contributed by atoms with van der Waals surface area (Å²) in [5.74, 6) is 0.265. The van der Waals surface area contributed by atoms with E-state index in [1.807, 2.05) is 18.2 Å². The van der Waals surface area contributed by atoms with Gasteiger partial charge in [-0.25, -0.2) is 9.37 Å². The number of hydrogen-bond acceptors (Lipinski definition) is 5. The molecule has 0 atom stereocenters. The highest BCUT2D eigenvalue weighted by Crippen LogP contribution is 2.24. The SMILES string of the molecule is O=C(Cn1cnc2c(oc3ccccc32)c1=O)NCCCSc1ccc(F)cc1. The smallest absolute Gasteiger partial charge is 0.297 e. The first-order valence-electron chi connectivity index (χ1n) is 9.13. The van der Waals surface area contributed by atoms with Gasteiger partial charge in [0, 0.05) is 16.8 Å². The molecule has 0 aliphatic carbocycles. The molecule has 0 bridgehead atoms. The maximum absolute atomic E-state index is 12.9. The summed E-state index contributed by atoms with van der Waals surface area (Å²) < 4.78 is 19.7. The second kappa shape index (κ2) is 8.48. The third kappa shape index (κ3) is 4.32. The summed E-state index contributed by atoms with van der Waals surface area (Å²) in [6.07, 6.45) is 2.13. The number of thioether (sulfide) groups is 1. The lowest BCUT2D eigenvalue weighted by molar-refractivity contribution is -0.121. The summed E-state index contributed by atoms with van der Waals surface area (Å²) in [7, 11) is 0. The number of halogens is 1. The number of aromatic nitrogens is 2. The zero-order valence-electron chi connectivity index (χ0n) is 15.4. The van der Waals surface area contributed by atoms with Gasteiger partial charge in [0.1, 0.15) is 23.5 Å². The van der Waals surface area contributed by atoms with Crippen molar-refractivity contribution in [2.45, 2.75) is 17.9 Å².